The Morgan fingerprint density at radius 3 is 2.53 bits per heavy atom. The summed E-state index contributed by atoms with van der Waals surface area (Å²) in [5, 5.41) is 8.02. The second-order valence-corrected chi connectivity index (χ2v) is 5.53. The number of nitrogens with zero attached hydrogens (tertiary/aromatic N) is 3. The van der Waals surface area contributed by atoms with E-state index in [0.29, 0.717) is 16.9 Å². The zero-order valence-corrected chi connectivity index (χ0v) is 11.8. The second kappa shape index (κ2) is 7.49. The maximum absolute atomic E-state index is 12.1. The molecule has 2 heterocycles. The molecule has 0 saturated carbocycles. The van der Waals surface area contributed by atoms with E-state index in [0.717, 1.165) is 25.9 Å². The fraction of sp³-hybridized carbons (Fsp3) is 0.750. The highest BCUT2D eigenvalue weighted by Gasteiger charge is 2.16. The van der Waals surface area contributed by atoms with Crippen molar-refractivity contribution in [2.24, 2.45) is 5.73 Å². The van der Waals surface area contributed by atoms with E-state index in [4.69, 9.17) is 10.2 Å². The Balaban J connectivity index is 1.79. The van der Waals surface area contributed by atoms with Crippen molar-refractivity contribution in [3.63, 3.8) is 0 Å². The van der Waals surface area contributed by atoms with E-state index in [1.54, 1.807) is 0 Å². The van der Waals surface area contributed by atoms with Crippen LogP contribution < -0.4 is 5.73 Å². The first kappa shape index (κ1) is 14.3. The summed E-state index contributed by atoms with van der Waals surface area (Å²) in [5.74, 6) is 0.909. The summed E-state index contributed by atoms with van der Waals surface area (Å²) in [6.07, 6.45) is 5.95. The van der Waals surface area contributed by atoms with Gasteiger partial charge < -0.3 is 15.1 Å². The van der Waals surface area contributed by atoms with Crippen LogP contribution in [-0.4, -0.2) is 39.8 Å². The van der Waals surface area contributed by atoms with E-state index >= 15 is 0 Å². The van der Waals surface area contributed by atoms with Crippen LogP contribution in [0.1, 0.15) is 38.0 Å². The van der Waals surface area contributed by atoms with Crippen molar-refractivity contribution in [1.82, 2.24) is 15.1 Å². The van der Waals surface area contributed by atoms with Crippen molar-refractivity contribution >= 4 is 17.7 Å². The monoisotopic (exact) mass is 284 g/mol. The van der Waals surface area contributed by atoms with Gasteiger partial charge in [0.05, 0.1) is 12.3 Å². The predicted molar refractivity (Wildman–Crippen MR) is 72.6 cm³/mol. The van der Waals surface area contributed by atoms with Crippen molar-refractivity contribution < 1.29 is 9.21 Å². The highest BCUT2D eigenvalue weighted by Crippen LogP contribution is 2.18. The molecule has 7 heteroatoms. The SMILES string of the molecule is NCc1nnc(SCC(=O)N2CCCCCCC2)o1. The average Bonchev–Trinajstić information content (AvgIpc) is 2.83. The van der Waals surface area contributed by atoms with E-state index in [2.05, 4.69) is 10.2 Å². The van der Waals surface area contributed by atoms with Crippen LogP contribution >= 0.6 is 11.8 Å². The fourth-order valence-corrected chi connectivity index (χ4v) is 2.77. The lowest BCUT2D eigenvalue weighted by atomic mass is 10.1. The number of hydrogen-bond donors (Lipinski definition) is 1. The fourth-order valence-electron chi connectivity index (χ4n) is 2.09. The van der Waals surface area contributed by atoms with Gasteiger partial charge in [0.15, 0.2) is 0 Å². The Labute approximate surface area is 117 Å². The number of aromatic nitrogens is 2. The predicted octanol–water partition coefficient (Wildman–Crippen LogP) is 1.41. The highest BCUT2D eigenvalue weighted by molar-refractivity contribution is 7.99. The van der Waals surface area contributed by atoms with Gasteiger partial charge in [0.25, 0.3) is 5.22 Å². The lowest BCUT2D eigenvalue weighted by Crippen LogP contribution is -2.35. The van der Waals surface area contributed by atoms with Gasteiger partial charge in [-0.3, -0.25) is 4.79 Å². The van der Waals surface area contributed by atoms with E-state index < -0.39 is 0 Å². The lowest BCUT2D eigenvalue weighted by molar-refractivity contribution is -0.128. The number of likely N-dealkylation sites (tertiary alicyclic amines) is 1. The molecule has 19 heavy (non-hydrogen) atoms. The van der Waals surface area contributed by atoms with Crippen molar-refractivity contribution in [3.8, 4) is 0 Å². The zero-order valence-electron chi connectivity index (χ0n) is 11.0. The number of hydrogen-bond acceptors (Lipinski definition) is 6. The molecule has 1 aliphatic rings. The number of nitrogens with two attached hydrogens (primary N) is 1. The van der Waals surface area contributed by atoms with Crippen LogP contribution in [0.4, 0.5) is 0 Å². The van der Waals surface area contributed by atoms with Crippen LogP contribution in [-0.2, 0) is 11.3 Å². The summed E-state index contributed by atoms with van der Waals surface area (Å²) >= 11 is 1.28. The van der Waals surface area contributed by atoms with Gasteiger partial charge in [-0.25, -0.2) is 0 Å². The molecule has 0 atom stereocenters. The van der Waals surface area contributed by atoms with Gasteiger partial charge in [-0.15, -0.1) is 10.2 Å². The van der Waals surface area contributed by atoms with Crippen molar-refractivity contribution in [3.05, 3.63) is 5.89 Å². The molecule has 1 fully saturated rings. The summed E-state index contributed by atoms with van der Waals surface area (Å²) in [5.41, 5.74) is 5.39. The Kier molecular flexibility index (Phi) is 5.65. The zero-order chi connectivity index (χ0) is 13.5. The third kappa shape index (κ3) is 4.50. The van der Waals surface area contributed by atoms with Crippen molar-refractivity contribution in [1.29, 1.82) is 0 Å². The van der Waals surface area contributed by atoms with Gasteiger partial charge in [0, 0.05) is 13.1 Å². The molecule has 6 nitrogen and oxygen atoms in total. The molecule has 1 amide bonds. The average molecular weight is 284 g/mol. The molecule has 1 aromatic heterocycles. The van der Waals surface area contributed by atoms with E-state index in [1.807, 2.05) is 4.90 Å². The molecule has 1 saturated heterocycles. The maximum Gasteiger partial charge on any atom is 0.277 e. The number of carbonyl (C=O) groups is 1. The molecule has 2 rings (SSSR count). The standard InChI is InChI=1S/C12H20N4O2S/c13-8-10-14-15-12(18-10)19-9-11(17)16-6-4-2-1-3-5-7-16/h1-9,13H2. The molecule has 0 bridgehead atoms. The van der Waals surface area contributed by atoms with E-state index in [1.165, 1.54) is 31.0 Å². The summed E-state index contributed by atoms with van der Waals surface area (Å²) in [6.45, 7) is 1.97. The molecule has 0 radical (unpaired) electrons. The molecule has 2 N–H and O–H groups in total. The molecular weight excluding hydrogens is 264 g/mol. The molecule has 1 aromatic rings. The molecule has 0 aliphatic carbocycles. The van der Waals surface area contributed by atoms with Gasteiger partial charge in [0.2, 0.25) is 11.8 Å². The topological polar surface area (TPSA) is 85.2 Å². The first-order chi connectivity index (χ1) is 9.29. The minimum absolute atomic E-state index is 0.152. The third-order valence-corrected chi connectivity index (χ3v) is 3.95. The minimum Gasteiger partial charge on any atom is -0.415 e. The van der Waals surface area contributed by atoms with Crippen LogP contribution in [0.15, 0.2) is 9.64 Å². The van der Waals surface area contributed by atoms with Crippen molar-refractivity contribution in [2.45, 2.75) is 43.9 Å². The lowest BCUT2D eigenvalue weighted by Gasteiger charge is -2.24. The molecule has 0 aromatic carbocycles. The highest BCUT2D eigenvalue weighted by atomic mass is 32.2. The van der Waals surface area contributed by atoms with Crippen LogP contribution in [0, 0.1) is 0 Å². The quantitative estimate of drug-likeness (QED) is 0.841. The number of thioether (sulfide) groups is 1. The number of rotatable bonds is 4. The van der Waals surface area contributed by atoms with E-state index in [9.17, 15) is 4.79 Å². The summed E-state index contributed by atoms with van der Waals surface area (Å²) in [7, 11) is 0. The second-order valence-electron chi connectivity index (χ2n) is 4.60. The first-order valence-electron chi connectivity index (χ1n) is 6.72. The summed E-state index contributed by atoms with van der Waals surface area (Å²) in [6, 6.07) is 0. The van der Waals surface area contributed by atoms with Crippen LogP contribution in [0.2, 0.25) is 0 Å². The molecule has 1 aliphatic heterocycles. The first-order valence-corrected chi connectivity index (χ1v) is 7.71. The Morgan fingerprint density at radius 1 is 1.21 bits per heavy atom. The Hall–Kier alpha value is -1.08. The third-order valence-electron chi connectivity index (χ3n) is 3.15. The van der Waals surface area contributed by atoms with Gasteiger partial charge in [-0.2, -0.15) is 0 Å². The Morgan fingerprint density at radius 2 is 1.89 bits per heavy atom. The van der Waals surface area contributed by atoms with Crippen molar-refractivity contribution in [2.75, 3.05) is 18.8 Å². The Bertz CT molecular complexity index is 402. The normalized spacial score (nSPS) is 17.0. The van der Waals surface area contributed by atoms with E-state index in [-0.39, 0.29) is 12.5 Å². The molecular formula is C12H20N4O2S. The molecule has 0 unspecified atom stereocenters. The summed E-state index contributed by atoms with van der Waals surface area (Å²) in [4.78, 5) is 14.1. The van der Waals surface area contributed by atoms with Crippen LogP contribution in [0.25, 0.3) is 0 Å². The van der Waals surface area contributed by atoms with Gasteiger partial charge in [-0.1, -0.05) is 31.0 Å². The van der Waals surface area contributed by atoms with Gasteiger partial charge in [-0.05, 0) is 12.8 Å². The summed E-state index contributed by atoms with van der Waals surface area (Å²) < 4.78 is 5.26. The van der Waals surface area contributed by atoms with Gasteiger partial charge in [0.1, 0.15) is 0 Å². The molecule has 106 valence electrons. The number of amides is 1. The number of carbonyl (C=O) groups excluding carboxylic acids is 1. The van der Waals surface area contributed by atoms with Crippen LogP contribution in [0.5, 0.6) is 0 Å². The van der Waals surface area contributed by atoms with Crippen LogP contribution in [0.3, 0.4) is 0 Å². The smallest absolute Gasteiger partial charge is 0.277 e. The minimum atomic E-state index is 0.152. The molecule has 0 spiro atoms. The maximum atomic E-state index is 12.1. The van der Waals surface area contributed by atoms with Gasteiger partial charge >= 0.3 is 0 Å². The largest absolute Gasteiger partial charge is 0.415 e.